The van der Waals surface area contributed by atoms with Crippen LogP contribution in [0.25, 0.3) is 10.9 Å². The van der Waals surface area contributed by atoms with Gasteiger partial charge in [0, 0.05) is 30.1 Å². The van der Waals surface area contributed by atoms with Gasteiger partial charge in [-0.05, 0) is 49.8 Å². The van der Waals surface area contributed by atoms with Crippen molar-refractivity contribution in [3.8, 4) is 0 Å². The Hall–Kier alpha value is -2.76. The zero-order valence-corrected chi connectivity index (χ0v) is 20.1. The number of sulfonamides is 1. The van der Waals surface area contributed by atoms with E-state index in [1.54, 1.807) is 0 Å². The van der Waals surface area contributed by atoms with Gasteiger partial charge in [-0.15, -0.1) is 0 Å². The Balaban J connectivity index is 1.74. The second kappa shape index (κ2) is 9.47. The van der Waals surface area contributed by atoms with Crippen LogP contribution in [0.3, 0.4) is 0 Å². The van der Waals surface area contributed by atoms with Crippen molar-refractivity contribution in [3.63, 3.8) is 0 Å². The molecule has 184 valence electrons. The van der Waals surface area contributed by atoms with Crippen LogP contribution in [-0.2, 0) is 24.3 Å². The van der Waals surface area contributed by atoms with Crippen molar-refractivity contribution < 1.29 is 27.5 Å². The minimum atomic E-state index is -3.81. The summed E-state index contributed by atoms with van der Waals surface area (Å²) in [5, 5.41) is 3.09. The molecule has 1 aliphatic carbocycles. The van der Waals surface area contributed by atoms with Crippen molar-refractivity contribution in [2.75, 3.05) is 33.4 Å². The molecule has 1 saturated heterocycles. The highest BCUT2D eigenvalue weighted by atomic mass is 32.2. The summed E-state index contributed by atoms with van der Waals surface area (Å²) in [4.78, 5) is 41.0. The average molecular weight is 492 g/mol. The van der Waals surface area contributed by atoms with Gasteiger partial charge in [-0.1, -0.05) is 6.92 Å². The van der Waals surface area contributed by atoms with Gasteiger partial charge >= 0.3 is 5.97 Å². The molecule has 1 aromatic carbocycles. The topological polar surface area (TPSA) is 135 Å². The molecule has 0 unspecified atom stereocenters. The van der Waals surface area contributed by atoms with Crippen molar-refractivity contribution in [2.24, 2.45) is 5.92 Å². The number of carbonyl (C=O) groups excluding carboxylic acids is 2. The number of ether oxygens (including phenoxy) is 2. The molecule has 10 nitrogen and oxygen atoms in total. The number of amides is 1. The molecule has 1 aromatic heterocycles. The van der Waals surface area contributed by atoms with E-state index in [2.05, 4.69) is 17.2 Å². The number of H-pyrrole nitrogens is 1. The average Bonchev–Trinajstić information content (AvgIpc) is 2.84. The highest BCUT2D eigenvalue weighted by molar-refractivity contribution is 7.89. The van der Waals surface area contributed by atoms with E-state index in [0.717, 1.165) is 18.9 Å². The van der Waals surface area contributed by atoms with E-state index in [1.165, 1.54) is 29.6 Å². The second-order valence-electron chi connectivity index (χ2n) is 8.98. The number of carbonyl (C=O) groups is 2. The minimum Gasteiger partial charge on any atom is -0.467 e. The SMILES string of the molecule is COC(=O)C1(NC(=O)c2cc(=O)[nH]c3ccc(S(=O)(=O)N4CCOCC4)cc23)CCC(C)CC1. The molecule has 34 heavy (non-hydrogen) atoms. The van der Waals surface area contributed by atoms with Crippen molar-refractivity contribution in [3.05, 3.63) is 40.2 Å². The zero-order chi connectivity index (χ0) is 24.5. The molecule has 0 atom stereocenters. The zero-order valence-electron chi connectivity index (χ0n) is 19.3. The molecule has 1 aliphatic heterocycles. The quantitative estimate of drug-likeness (QED) is 0.604. The van der Waals surface area contributed by atoms with Gasteiger partial charge in [0.25, 0.3) is 5.91 Å². The third-order valence-corrected chi connectivity index (χ3v) is 8.62. The van der Waals surface area contributed by atoms with Crippen LogP contribution >= 0.6 is 0 Å². The third kappa shape index (κ3) is 4.59. The maximum atomic E-state index is 13.4. The van der Waals surface area contributed by atoms with Crippen LogP contribution < -0.4 is 10.9 Å². The monoisotopic (exact) mass is 491 g/mol. The molecular formula is C23H29N3O7S. The minimum absolute atomic E-state index is 0.000299. The number of rotatable bonds is 5. The normalized spacial score (nSPS) is 24.0. The summed E-state index contributed by atoms with van der Waals surface area (Å²) in [6.07, 6.45) is 2.33. The van der Waals surface area contributed by atoms with E-state index < -0.39 is 33.0 Å². The first kappa shape index (κ1) is 24.4. The molecule has 0 spiro atoms. The number of methoxy groups -OCH3 is 1. The predicted molar refractivity (Wildman–Crippen MR) is 124 cm³/mol. The summed E-state index contributed by atoms with van der Waals surface area (Å²) in [7, 11) is -2.54. The summed E-state index contributed by atoms with van der Waals surface area (Å²) >= 11 is 0. The van der Waals surface area contributed by atoms with Gasteiger partial charge in [0.2, 0.25) is 15.6 Å². The molecular weight excluding hydrogens is 462 g/mol. The molecule has 1 saturated carbocycles. The number of hydrogen-bond acceptors (Lipinski definition) is 7. The smallest absolute Gasteiger partial charge is 0.331 e. The number of nitrogens with one attached hydrogen (secondary N) is 2. The van der Waals surface area contributed by atoms with Crippen LogP contribution in [0, 0.1) is 5.92 Å². The Morgan fingerprint density at radius 3 is 2.50 bits per heavy atom. The summed E-state index contributed by atoms with van der Waals surface area (Å²) in [6.45, 7) is 3.17. The lowest BCUT2D eigenvalue weighted by atomic mass is 9.77. The Morgan fingerprint density at radius 1 is 1.18 bits per heavy atom. The van der Waals surface area contributed by atoms with Crippen LogP contribution in [0.4, 0.5) is 0 Å². The molecule has 11 heteroatoms. The van der Waals surface area contributed by atoms with Crippen LogP contribution in [0.2, 0.25) is 0 Å². The van der Waals surface area contributed by atoms with Gasteiger partial charge in [0.15, 0.2) is 0 Å². The van der Waals surface area contributed by atoms with Crippen molar-refractivity contribution in [1.29, 1.82) is 0 Å². The lowest BCUT2D eigenvalue weighted by Crippen LogP contribution is -2.56. The molecule has 2 heterocycles. The first-order valence-corrected chi connectivity index (χ1v) is 12.8. The highest BCUT2D eigenvalue weighted by Crippen LogP contribution is 2.33. The highest BCUT2D eigenvalue weighted by Gasteiger charge is 2.43. The standard InChI is InChI=1S/C23H29N3O7S/c1-15-5-7-23(8-6-15,22(29)32-2)25-21(28)18-14-20(27)24-19-4-3-16(13-17(18)19)34(30,31)26-9-11-33-12-10-26/h3-4,13-15H,5-12H2,1-2H3,(H,24,27)(H,25,28). The van der Waals surface area contributed by atoms with Gasteiger partial charge in [-0.25, -0.2) is 13.2 Å². The lowest BCUT2D eigenvalue weighted by Gasteiger charge is -2.37. The van der Waals surface area contributed by atoms with Gasteiger partial charge in [-0.2, -0.15) is 4.31 Å². The van der Waals surface area contributed by atoms with Crippen LogP contribution in [0.15, 0.2) is 34.0 Å². The fourth-order valence-corrected chi connectivity index (χ4v) is 6.07. The fourth-order valence-electron chi connectivity index (χ4n) is 4.63. The fraction of sp³-hybridized carbons (Fsp3) is 0.522. The number of aromatic amines is 1. The number of nitrogens with zero attached hydrogens (tertiary/aromatic N) is 1. The predicted octanol–water partition coefficient (Wildman–Crippen LogP) is 1.40. The molecule has 2 fully saturated rings. The Morgan fingerprint density at radius 2 is 1.85 bits per heavy atom. The molecule has 0 radical (unpaired) electrons. The van der Waals surface area contributed by atoms with Gasteiger partial charge in [0.1, 0.15) is 5.54 Å². The number of benzene rings is 1. The number of morpholine rings is 1. The largest absolute Gasteiger partial charge is 0.467 e. The molecule has 2 aliphatic rings. The lowest BCUT2D eigenvalue weighted by molar-refractivity contribution is -0.150. The van der Waals surface area contributed by atoms with Crippen molar-refractivity contribution in [1.82, 2.24) is 14.6 Å². The van der Waals surface area contributed by atoms with Crippen LogP contribution in [-0.4, -0.2) is 68.5 Å². The summed E-state index contributed by atoms with van der Waals surface area (Å²) in [5.41, 5.74) is -1.38. The van der Waals surface area contributed by atoms with Gasteiger partial charge in [-0.3, -0.25) is 9.59 Å². The van der Waals surface area contributed by atoms with E-state index in [9.17, 15) is 22.8 Å². The Labute approximate surface area is 197 Å². The molecule has 4 rings (SSSR count). The first-order chi connectivity index (χ1) is 16.2. The summed E-state index contributed by atoms with van der Waals surface area (Å²) < 4.78 is 37.9. The molecule has 2 aromatic rings. The van der Waals surface area contributed by atoms with E-state index >= 15 is 0 Å². The number of pyridine rings is 1. The number of fused-ring (bicyclic) bond motifs is 1. The van der Waals surface area contributed by atoms with Crippen molar-refractivity contribution >= 4 is 32.8 Å². The van der Waals surface area contributed by atoms with Crippen LogP contribution in [0.5, 0.6) is 0 Å². The van der Waals surface area contributed by atoms with E-state index in [4.69, 9.17) is 9.47 Å². The molecule has 0 bridgehead atoms. The number of hydrogen-bond donors (Lipinski definition) is 2. The van der Waals surface area contributed by atoms with E-state index in [-0.39, 0.29) is 28.9 Å². The molecule has 2 N–H and O–H groups in total. The Kier molecular flexibility index (Phi) is 6.79. The maximum absolute atomic E-state index is 13.4. The maximum Gasteiger partial charge on any atom is 0.331 e. The summed E-state index contributed by atoms with van der Waals surface area (Å²) in [5.74, 6) is -0.738. The van der Waals surface area contributed by atoms with E-state index in [1.807, 2.05) is 0 Å². The first-order valence-electron chi connectivity index (χ1n) is 11.3. The van der Waals surface area contributed by atoms with Crippen molar-refractivity contribution in [2.45, 2.75) is 43.0 Å². The Bertz CT molecular complexity index is 1260. The van der Waals surface area contributed by atoms with Gasteiger partial charge < -0.3 is 19.8 Å². The van der Waals surface area contributed by atoms with E-state index in [0.29, 0.717) is 37.5 Å². The van der Waals surface area contributed by atoms with Crippen LogP contribution in [0.1, 0.15) is 43.0 Å². The number of esters is 1. The second-order valence-corrected chi connectivity index (χ2v) is 10.9. The van der Waals surface area contributed by atoms with Gasteiger partial charge in [0.05, 0.1) is 30.8 Å². The molecule has 1 amide bonds. The summed E-state index contributed by atoms with van der Waals surface area (Å²) in [6, 6.07) is 5.39. The number of aromatic nitrogens is 1. The third-order valence-electron chi connectivity index (χ3n) is 6.72.